The summed E-state index contributed by atoms with van der Waals surface area (Å²) in [5.74, 6) is -0.0243. The number of nitrogens with zero attached hydrogens (tertiary/aromatic N) is 3. The average molecular weight is 254 g/mol. The van der Waals surface area contributed by atoms with Gasteiger partial charge in [-0.15, -0.1) is 0 Å². The van der Waals surface area contributed by atoms with Crippen LogP contribution in [-0.2, 0) is 13.0 Å². The van der Waals surface area contributed by atoms with Crippen molar-refractivity contribution in [3.05, 3.63) is 53.3 Å². The van der Waals surface area contributed by atoms with Gasteiger partial charge in [0.1, 0.15) is 0 Å². The van der Waals surface area contributed by atoms with Crippen molar-refractivity contribution in [2.75, 3.05) is 12.3 Å². The molecule has 5 nitrogen and oxygen atoms in total. The number of nitrogens with two attached hydrogens (primary N) is 1. The lowest BCUT2D eigenvalue weighted by Gasteiger charge is -2.29. The summed E-state index contributed by atoms with van der Waals surface area (Å²) in [4.78, 5) is 14.1. The Labute approximate surface area is 111 Å². The molecule has 96 valence electrons. The summed E-state index contributed by atoms with van der Waals surface area (Å²) in [7, 11) is 0. The Morgan fingerprint density at radius 1 is 1.26 bits per heavy atom. The van der Waals surface area contributed by atoms with Crippen molar-refractivity contribution in [2.24, 2.45) is 0 Å². The van der Waals surface area contributed by atoms with E-state index in [1.54, 1.807) is 11.0 Å². The molecule has 0 spiro atoms. The molecule has 0 bridgehead atoms. The molecule has 0 saturated heterocycles. The first-order valence-electron chi connectivity index (χ1n) is 6.18. The van der Waals surface area contributed by atoms with E-state index in [0.717, 1.165) is 17.7 Å². The number of aromatic nitrogens is 2. The van der Waals surface area contributed by atoms with E-state index >= 15 is 0 Å². The zero-order chi connectivity index (χ0) is 13.2. The topological polar surface area (TPSA) is 72.1 Å². The van der Waals surface area contributed by atoms with Crippen molar-refractivity contribution in [3.8, 4) is 0 Å². The third-order valence-corrected chi connectivity index (χ3v) is 3.43. The Bertz CT molecular complexity index is 612. The first-order valence-corrected chi connectivity index (χ1v) is 6.18. The van der Waals surface area contributed by atoms with Gasteiger partial charge in [-0.3, -0.25) is 4.79 Å². The molecular weight excluding hydrogens is 240 g/mol. The van der Waals surface area contributed by atoms with Crippen LogP contribution in [0.5, 0.6) is 0 Å². The highest BCUT2D eigenvalue weighted by Crippen LogP contribution is 2.25. The van der Waals surface area contributed by atoms with E-state index < -0.39 is 0 Å². The van der Waals surface area contributed by atoms with Gasteiger partial charge in [0.25, 0.3) is 5.91 Å². The summed E-state index contributed by atoms with van der Waals surface area (Å²) in [6.45, 7) is 1.26. The Kier molecular flexibility index (Phi) is 2.87. The summed E-state index contributed by atoms with van der Waals surface area (Å²) >= 11 is 0. The van der Waals surface area contributed by atoms with Gasteiger partial charge in [0.15, 0.2) is 0 Å². The maximum absolute atomic E-state index is 12.3. The highest BCUT2D eigenvalue weighted by atomic mass is 16.2. The van der Waals surface area contributed by atoms with Crippen molar-refractivity contribution in [3.63, 3.8) is 0 Å². The highest BCUT2D eigenvalue weighted by molar-refractivity contribution is 5.94. The zero-order valence-electron chi connectivity index (χ0n) is 10.4. The number of carbonyl (C=O) groups excluding carboxylic acids is 1. The molecule has 3 rings (SSSR count). The smallest absolute Gasteiger partial charge is 0.255 e. The van der Waals surface area contributed by atoms with Gasteiger partial charge < -0.3 is 10.6 Å². The van der Waals surface area contributed by atoms with Crippen LogP contribution < -0.4 is 5.73 Å². The Morgan fingerprint density at radius 3 is 2.95 bits per heavy atom. The predicted octanol–water partition coefficient (Wildman–Crippen LogP) is 1.26. The molecule has 5 heteroatoms. The second-order valence-electron chi connectivity index (χ2n) is 4.59. The van der Waals surface area contributed by atoms with Crippen LogP contribution in [0.4, 0.5) is 5.69 Å². The fourth-order valence-corrected chi connectivity index (χ4v) is 2.38. The monoisotopic (exact) mass is 254 g/mol. The quantitative estimate of drug-likeness (QED) is 0.777. The molecule has 2 N–H and O–H groups in total. The molecule has 2 heterocycles. The van der Waals surface area contributed by atoms with Gasteiger partial charge in [0.2, 0.25) is 0 Å². The van der Waals surface area contributed by atoms with Gasteiger partial charge in [0.05, 0.1) is 18.0 Å². The molecule has 0 radical (unpaired) electrons. The SMILES string of the molecule is Nc1cccc2c1CN(C(=O)c1ccnnc1)CC2. The Balaban J connectivity index is 1.86. The van der Waals surface area contributed by atoms with Crippen LogP contribution in [0.15, 0.2) is 36.7 Å². The third kappa shape index (κ3) is 2.14. The molecule has 1 aromatic carbocycles. The first-order chi connectivity index (χ1) is 9.25. The lowest BCUT2D eigenvalue weighted by molar-refractivity contribution is 0.0734. The van der Waals surface area contributed by atoms with Gasteiger partial charge in [0, 0.05) is 18.8 Å². The number of hydrogen-bond donors (Lipinski definition) is 1. The average Bonchev–Trinajstić information content (AvgIpc) is 2.47. The first kappa shape index (κ1) is 11.6. The fraction of sp³-hybridized carbons (Fsp3) is 0.214. The number of carbonyl (C=O) groups is 1. The minimum Gasteiger partial charge on any atom is -0.398 e. The molecule has 1 aliphatic heterocycles. The lowest BCUT2D eigenvalue weighted by atomic mass is 9.98. The predicted molar refractivity (Wildman–Crippen MR) is 71.3 cm³/mol. The van der Waals surface area contributed by atoms with E-state index in [1.165, 1.54) is 18.0 Å². The number of rotatable bonds is 1. The fourth-order valence-electron chi connectivity index (χ4n) is 2.38. The van der Waals surface area contributed by atoms with Crippen LogP contribution in [0, 0.1) is 0 Å². The van der Waals surface area contributed by atoms with Gasteiger partial charge >= 0.3 is 0 Å². The lowest BCUT2D eigenvalue weighted by Crippen LogP contribution is -2.36. The molecule has 0 atom stereocenters. The number of anilines is 1. The van der Waals surface area contributed by atoms with Crippen LogP contribution in [-0.4, -0.2) is 27.5 Å². The van der Waals surface area contributed by atoms with Crippen LogP contribution in [0.1, 0.15) is 21.5 Å². The Morgan fingerprint density at radius 2 is 2.16 bits per heavy atom. The third-order valence-electron chi connectivity index (χ3n) is 3.43. The van der Waals surface area contributed by atoms with E-state index in [4.69, 9.17) is 5.73 Å². The minimum atomic E-state index is -0.0243. The largest absolute Gasteiger partial charge is 0.398 e. The molecule has 0 fully saturated rings. The number of fused-ring (bicyclic) bond motifs is 1. The van der Waals surface area contributed by atoms with E-state index in [0.29, 0.717) is 18.7 Å². The normalized spacial score (nSPS) is 14.0. The van der Waals surface area contributed by atoms with E-state index in [-0.39, 0.29) is 5.91 Å². The van der Waals surface area contributed by atoms with Crippen molar-refractivity contribution in [1.82, 2.24) is 15.1 Å². The number of benzene rings is 1. The molecule has 19 heavy (non-hydrogen) atoms. The van der Waals surface area contributed by atoms with Crippen LogP contribution in [0.3, 0.4) is 0 Å². The number of nitrogen functional groups attached to an aromatic ring is 1. The minimum absolute atomic E-state index is 0.0243. The van der Waals surface area contributed by atoms with Crippen LogP contribution in [0.25, 0.3) is 0 Å². The van der Waals surface area contributed by atoms with Gasteiger partial charge in [-0.25, -0.2) is 0 Å². The molecule has 2 aromatic rings. The molecule has 0 unspecified atom stereocenters. The summed E-state index contributed by atoms with van der Waals surface area (Å²) in [6.07, 6.45) is 3.86. The van der Waals surface area contributed by atoms with Gasteiger partial charge in [-0.05, 0) is 29.7 Å². The van der Waals surface area contributed by atoms with Crippen molar-refractivity contribution in [1.29, 1.82) is 0 Å². The van der Waals surface area contributed by atoms with Gasteiger partial charge in [-0.1, -0.05) is 12.1 Å². The highest BCUT2D eigenvalue weighted by Gasteiger charge is 2.23. The molecule has 1 aliphatic rings. The second-order valence-corrected chi connectivity index (χ2v) is 4.59. The summed E-state index contributed by atoms with van der Waals surface area (Å²) in [5.41, 5.74) is 9.59. The second kappa shape index (κ2) is 4.68. The van der Waals surface area contributed by atoms with Crippen molar-refractivity contribution in [2.45, 2.75) is 13.0 Å². The molecular formula is C14H14N4O. The summed E-state index contributed by atoms with van der Waals surface area (Å²) in [6, 6.07) is 7.58. The molecule has 0 aliphatic carbocycles. The van der Waals surface area contributed by atoms with E-state index in [9.17, 15) is 4.79 Å². The standard InChI is InChI=1S/C14H14N4O/c15-13-3-1-2-10-5-7-18(9-12(10)13)14(19)11-4-6-16-17-8-11/h1-4,6,8H,5,7,9,15H2. The van der Waals surface area contributed by atoms with Crippen LogP contribution >= 0.6 is 0 Å². The molecule has 1 amide bonds. The number of amides is 1. The van der Waals surface area contributed by atoms with Gasteiger partial charge in [-0.2, -0.15) is 10.2 Å². The summed E-state index contributed by atoms with van der Waals surface area (Å²) in [5, 5.41) is 7.42. The maximum Gasteiger partial charge on any atom is 0.255 e. The Hall–Kier alpha value is -2.43. The van der Waals surface area contributed by atoms with Crippen LogP contribution in [0.2, 0.25) is 0 Å². The molecule has 1 aromatic heterocycles. The van der Waals surface area contributed by atoms with E-state index in [1.807, 2.05) is 12.1 Å². The summed E-state index contributed by atoms with van der Waals surface area (Å²) < 4.78 is 0. The van der Waals surface area contributed by atoms with Crippen molar-refractivity contribution < 1.29 is 4.79 Å². The maximum atomic E-state index is 12.3. The van der Waals surface area contributed by atoms with E-state index in [2.05, 4.69) is 16.3 Å². The zero-order valence-corrected chi connectivity index (χ0v) is 10.4. The molecule has 0 saturated carbocycles. The van der Waals surface area contributed by atoms with Crippen molar-refractivity contribution >= 4 is 11.6 Å². The number of hydrogen-bond acceptors (Lipinski definition) is 4.